The average Bonchev–Trinajstić information content (AvgIpc) is 3.24. The highest BCUT2D eigenvalue weighted by molar-refractivity contribution is 7.98. The van der Waals surface area contributed by atoms with E-state index in [1.807, 2.05) is 42.5 Å². The number of nitrogens with one attached hydrogen (secondary N) is 1. The second-order valence-corrected chi connectivity index (χ2v) is 7.20. The van der Waals surface area contributed by atoms with Gasteiger partial charge >= 0.3 is 0 Å². The lowest BCUT2D eigenvalue weighted by molar-refractivity contribution is 0.102. The van der Waals surface area contributed by atoms with Gasteiger partial charge in [0.1, 0.15) is 11.5 Å². The second kappa shape index (κ2) is 8.70. The van der Waals surface area contributed by atoms with Crippen molar-refractivity contribution >= 4 is 23.4 Å². The van der Waals surface area contributed by atoms with Crippen LogP contribution in [-0.4, -0.2) is 20.7 Å². The van der Waals surface area contributed by atoms with Crippen LogP contribution in [-0.2, 0) is 5.75 Å². The van der Waals surface area contributed by atoms with E-state index in [9.17, 15) is 9.18 Å². The number of carbonyl (C=O) groups is 1. The molecule has 4 rings (SSSR count). The van der Waals surface area contributed by atoms with E-state index in [0.29, 0.717) is 11.4 Å². The van der Waals surface area contributed by atoms with Crippen molar-refractivity contribution in [3.05, 3.63) is 102 Å². The van der Waals surface area contributed by atoms with Gasteiger partial charge in [-0.3, -0.25) is 4.79 Å². The summed E-state index contributed by atoms with van der Waals surface area (Å²) >= 11 is 1.62. The van der Waals surface area contributed by atoms with Gasteiger partial charge in [0.25, 0.3) is 5.91 Å². The van der Waals surface area contributed by atoms with E-state index in [0.717, 1.165) is 16.3 Å². The monoisotopic (exact) mass is 404 g/mol. The molecule has 2 aromatic heterocycles. The van der Waals surface area contributed by atoms with E-state index in [1.54, 1.807) is 48.4 Å². The van der Waals surface area contributed by atoms with Crippen LogP contribution in [0, 0.1) is 5.82 Å². The number of anilines is 1. The maximum atomic E-state index is 13.9. The third-order valence-electron chi connectivity index (χ3n) is 4.13. The van der Waals surface area contributed by atoms with Crippen LogP contribution in [0.3, 0.4) is 0 Å². The first-order valence-electron chi connectivity index (χ1n) is 8.94. The molecule has 2 aromatic carbocycles. The smallest absolute Gasteiger partial charge is 0.276 e. The minimum Gasteiger partial charge on any atom is -0.321 e. The molecule has 4 aromatic rings. The number of thioether (sulfide) groups is 1. The number of nitrogens with zero attached hydrogens (tertiary/aromatic N) is 3. The zero-order chi connectivity index (χ0) is 20.1. The third kappa shape index (κ3) is 4.70. The summed E-state index contributed by atoms with van der Waals surface area (Å²) in [6, 6.07) is 21.3. The number of pyridine rings is 1. The Labute approximate surface area is 171 Å². The van der Waals surface area contributed by atoms with Gasteiger partial charge in [0, 0.05) is 23.8 Å². The molecule has 29 heavy (non-hydrogen) atoms. The van der Waals surface area contributed by atoms with Crippen LogP contribution < -0.4 is 5.32 Å². The van der Waals surface area contributed by atoms with Crippen molar-refractivity contribution in [3.8, 4) is 5.69 Å². The van der Waals surface area contributed by atoms with Gasteiger partial charge in [0.15, 0.2) is 5.69 Å². The topological polar surface area (TPSA) is 59.8 Å². The number of aromatic nitrogens is 3. The van der Waals surface area contributed by atoms with E-state index in [4.69, 9.17) is 0 Å². The number of rotatable bonds is 6. The first-order valence-corrected chi connectivity index (χ1v) is 9.92. The van der Waals surface area contributed by atoms with Crippen molar-refractivity contribution in [1.29, 1.82) is 0 Å². The summed E-state index contributed by atoms with van der Waals surface area (Å²) in [6.07, 6.45) is 3.33. The molecule has 1 N–H and O–H groups in total. The second-order valence-electron chi connectivity index (χ2n) is 6.21. The van der Waals surface area contributed by atoms with E-state index in [2.05, 4.69) is 15.4 Å². The summed E-state index contributed by atoms with van der Waals surface area (Å²) < 4.78 is 15.3. The molecule has 5 nitrogen and oxygen atoms in total. The van der Waals surface area contributed by atoms with Gasteiger partial charge in [-0.25, -0.2) is 14.1 Å². The number of hydrogen-bond donors (Lipinski definition) is 1. The standard InChI is InChI=1S/C22H17FN4OS/c23-18-8-1-2-9-20(18)27-13-11-19(26-27)22(28)25-17-7-5-6-16(14-17)15-29-21-10-3-4-12-24-21/h1-14H,15H2,(H,25,28). The summed E-state index contributed by atoms with van der Waals surface area (Å²) in [5.74, 6) is -0.0156. The Morgan fingerprint density at radius 1 is 1.03 bits per heavy atom. The van der Waals surface area contributed by atoms with Gasteiger partial charge in [-0.15, -0.1) is 11.8 Å². The van der Waals surface area contributed by atoms with Crippen LogP contribution in [0.1, 0.15) is 16.1 Å². The molecule has 0 aliphatic heterocycles. The number of hydrogen-bond acceptors (Lipinski definition) is 4. The normalized spacial score (nSPS) is 10.7. The summed E-state index contributed by atoms with van der Waals surface area (Å²) in [5.41, 5.74) is 2.24. The largest absolute Gasteiger partial charge is 0.321 e. The summed E-state index contributed by atoms with van der Waals surface area (Å²) in [7, 11) is 0. The average molecular weight is 404 g/mol. The molecule has 0 atom stereocenters. The Bertz CT molecular complexity index is 1130. The highest BCUT2D eigenvalue weighted by Gasteiger charge is 2.12. The van der Waals surface area contributed by atoms with Crippen LogP contribution in [0.25, 0.3) is 5.69 Å². The predicted molar refractivity (Wildman–Crippen MR) is 112 cm³/mol. The Morgan fingerprint density at radius 3 is 2.72 bits per heavy atom. The summed E-state index contributed by atoms with van der Waals surface area (Å²) in [4.78, 5) is 16.8. The molecule has 0 spiro atoms. The van der Waals surface area contributed by atoms with Crippen molar-refractivity contribution in [2.24, 2.45) is 0 Å². The molecule has 0 saturated carbocycles. The van der Waals surface area contributed by atoms with Crippen LogP contribution >= 0.6 is 11.8 Å². The lowest BCUT2D eigenvalue weighted by Gasteiger charge is -2.07. The molecule has 0 bridgehead atoms. The zero-order valence-corrected chi connectivity index (χ0v) is 16.1. The van der Waals surface area contributed by atoms with Gasteiger partial charge in [-0.1, -0.05) is 30.3 Å². The van der Waals surface area contributed by atoms with Gasteiger partial charge in [-0.05, 0) is 48.0 Å². The Balaban J connectivity index is 1.43. The fourth-order valence-corrected chi connectivity index (χ4v) is 3.54. The van der Waals surface area contributed by atoms with Crippen molar-refractivity contribution in [2.75, 3.05) is 5.32 Å². The Kier molecular flexibility index (Phi) is 5.67. The molecule has 0 fully saturated rings. The molecule has 0 saturated heterocycles. The predicted octanol–water partition coefficient (Wildman–Crippen LogP) is 4.95. The summed E-state index contributed by atoms with van der Waals surface area (Å²) in [5, 5.41) is 7.98. The first-order chi connectivity index (χ1) is 14.2. The molecule has 0 aliphatic rings. The number of halogens is 1. The minimum atomic E-state index is -0.402. The first kappa shape index (κ1) is 18.9. The number of carbonyl (C=O) groups excluding carboxylic acids is 1. The third-order valence-corrected chi connectivity index (χ3v) is 5.15. The fraction of sp³-hybridized carbons (Fsp3) is 0.0455. The van der Waals surface area contributed by atoms with Crippen molar-refractivity contribution in [3.63, 3.8) is 0 Å². The quantitative estimate of drug-likeness (QED) is 0.462. The van der Waals surface area contributed by atoms with Gasteiger partial charge in [0.2, 0.25) is 0 Å². The van der Waals surface area contributed by atoms with Crippen molar-refractivity contribution < 1.29 is 9.18 Å². The highest BCUT2D eigenvalue weighted by atomic mass is 32.2. The Morgan fingerprint density at radius 2 is 1.90 bits per heavy atom. The van der Waals surface area contributed by atoms with Crippen molar-refractivity contribution in [1.82, 2.24) is 14.8 Å². The van der Waals surface area contributed by atoms with Crippen LogP contribution in [0.15, 0.2) is 90.2 Å². The number of amides is 1. The lowest BCUT2D eigenvalue weighted by Crippen LogP contribution is -2.13. The van der Waals surface area contributed by atoms with Gasteiger partial charge in [-0.2, -0.15) is 5.10 Å². The fourth-order valence-electron chi connectivity index (χ4n) is 2.74. The van der Waals surface area contributed by atoms with E-state index >= 15 is 0 Å². The molecule has 144 valence electrons. The minimum absolute atomic E-state index is 0.210. The van der Waals surface area contributed by atoms with E-state index in [1.165, 1.54) is 10.7 Å². The van der Waals surface area contributed by atoms with Crippen molar-refractivity contribution in [2.45, 2.75) is 10.8 Å². The molecular weight excluding hydrogens is 387 g/mol. The van der Waals surface area contributed by atoms with Gasteiger partial charge < -0.3 is 5.32 Å². The lowest BCUT2D eigenvalue weighted by atomic mass is 10.2. The van der Waals surface area contributed by atoms with E-state index < -0.39 is 5.82 Å². The SMILES string of the molecule is O=C(Nc1cccc(CSc2ccccn2)c1)c1ccn(-c2ccccc2F)n1. The van der Waals surface area contributed by atoms with E-state index in [-0.39, 0.29) is 11.6 Å². The number of benzene rings is 2. The Hall–Kier alpha value is -3.45. The van der Waals surface area contributed by atoms with Crippen LogP contribution in [0.2, 0.25) is 0 Å². The molecule has 7 heteroatoms. The molecule has 0 unspecified atom stereocenters. The summed E-state index contributed by atoms with van der Waals surface area (Å²) in [6.45, 7) is 0. The molecule has 0 aliphatic carbocycles. The zero-order valence-electron chi connectivity index (χ0n) is 15.3. The van der Waals surface area contributed by atoms with Crippen LogP contribution in [0.5, 0.6) is 0 Å². The molecule has 1 amide bonds. The van der Waals surface area contributed by atoms with Crippen LogP contribution in [0.4, 0.5) is 10.1 Å². The molecule has 0 radical (unpaired) electrons. The maximum absolute atomic E-state index is 13.9. The van der Waals surface area contributed by atoms with Gasteiger partial charge in [0.05, 0.1) is 5.03 Å². The highest BCUT2D eigenvalue weighted by Crippen LogP contribution is 2.22. The maximum Gasteiger partial charge on any atom is 0.276 e. The molecular formula is C22H17FN4OS. The number of para-hydroxylation sites is 1. The molecule has 2 heterocycles.